The number of urea groups is 1. The highest BCUT2D eigenvalue weighted by atomic mass is 35.5. The molecule has 30 heavy (non-hydrogen) atoms. The largest absolute Gasteiger partial charge is 0.331 e. The van der Waals surface area contributed by atoms with Gasteiger partial charge in [-0.05, 0) is 56.0 Å². The minimum atomic E-state index is -0.124. The van der Waals surface area contributed by atoms with Crippen molar-refractivity contribution in [1.29, 1.82) is 0 Å². The van der Waals surface area contributed by atoms with Gasteiger partial charge in [0, 0.05) is 24.0 Å². The van der Waals surface area contributed by atoms with Crippen molar-refractivity contribution in [1.82, 2.24) is 30.0 Å². The lowest BCUT2D eigenvalue weighted by atomic mass is 10.1. The molecule has 1 aliphatic rings. The third-order valence-electron chi connectivity index (χ3n) is 5.55. The van der Waals surface area contributed by atoms with Crippen molar-refractivity contribution in [3.8, 4) is 0 Å². The predicted molar refractivity (Wildman–Crippen MR) is 115 cm³/mol. The molecule has 2 aromatic heterocycles. The Kier molecular flexibility index (Phi) is 5.99. The number of aryl methyl sites for hydroxylation is 1. The van der Waals surface area contributed by atoms with Crippen LogP contribution >= 0.6 is 11.6 Å². The second-order valence-corrected chi connectivity index (χ2v) is 8.06. The van der Waals surface area contributed by atoms with Crippen LogP contribution in [0.4, 0.5) is 4.79 Å². The number of likely N-dealkylation sites (tertiary alicyclic amines) is 1. The van der Waals surface area contributed by atoms with Gasteiger partial charge in [-0.25, -0.2) is 4.79 Å². The van der Waals surface area contributed by atoms with Gasteiger partial charge in [0.15, 0.2) is 5.82 Å². The van der Waals surface area contributed by atoms with E-state index in [-0.39, 0.29) is 18.1 Å². The third-order valence-corrected chi connectivity index (χ3v) is 5.81. The number of nitrogens with one attached hydrogen (secondary N) is 1. The average Bonchev–Trinajstić information content (AvgIpc) is 3.37. The molecule has 1 fully saturated rings. The molecule has 2 amide bonds. The molecule has 2 unspecified atom stereocenters. The Bertz CT molecular complexity index is 1000. The zero-order valence-electron chi connectivity index (χ0n) is 17.1. The molecule has 0 saturated carbocycles. The molecule has 1 saturated heterocycles. The van der Waals surface area contributed by atoms with Crippen molar-refractivity contribution in [3.05, 3.63) is 76.6 Å². The summed E-state index contributed by atoms with van der Waals surface area (Å²) >= 11 is 6.01. The van der Waals surface area contributed by atoms with E-state index in [0.29, 0.717) is 18.1 Å². The summed E-state index contributed by atoms with van der Waals surface area (Å²) in [5, 5.41) is 12.5. The van der Waals surface area contributed by atoms with Crippen molar-refractivity contribution in [2.24, 2.45) is 0 Å². The second kappa shape index (κ2) is 8.83. The van der Waals surface area contributed by atoms with Gasteiger partial charge in [0.05, 0.1) is 18.6 Å². The molecule has 0 radical (unpaired) electrons. The Balaban J connectivity index is 1.52. The van der Waals surface area contributed by atoms with E-state index in [1.54, 1.807) is 12.4 Å². The van der Waals surface area contributed by atoms with E-state index in [9.17, 15) is 4.79 Å². The topological polar surface area (TPSA) is 75.9 Å². The van der Waals surface area contributed by atoms with E-state index in [1.807, 2.05) is 55.1 Å². The van der Waals surface area contributed by atoms with Crippen LogP contribution in [-0.4, -0.2) is 37.2 Å². The Labute approximate surface area is 181 Å². The molecule has 7 nitrogen and oxygen atoms in total. The SMILES string of the molecule is Cc1nnc(C2CCCN2C(=O)NC(C)c2cccnc2)n1Cc1ccc(Cl)cc1. The Morgan fingerprint density at radius 1 is 1.27 bits per heavy atom. The van der Waals surface area contributed by atoms with Crippen LogP contribution in [0.2, 0.25) is 5.02 Å². The van der Waals surface area contributed by atoms with Crippen LogP contribution in [0.1, 0.15) is 54.6 Å². The van der Waals surface area contributed by atoms with Crippen LogP contribution in [0.25, 0.3) is 0 Å². The first-order valence-corrected chi connectivity index (χ1v) is 10.5. The highest BCUT2D eigenvalue weighted by Crippen LogP contribution is 2.32. The van der Waals surface area contributed by atoms with Crippen LogP contribution in [0, 0.1) is 6.92 Å². The molecular formula is C22H25ClN6O. The van der Waals surface area contributed by atoms with E-state index < -0.39 is 0 Å². The Hall–Kier alpha value is -2.93. The van der Waals surface area contributed by atoms with E-state index in [4.69, 9.17) is 11.6 Å². The lowest BCUT2D eigenvalue weighted by Gasteiger charge is -2.27. The summed E-state index contributed by atoms with van der Waals surface area (Å²) in [6, 6.07) is 11.3. The fourth-order valence-electron chi connectivity index (χ4n) is 3.87. The van der Waals surface area contributed by atoms with Gasteiger partial charge in [-0.15, -0.1) is 10.2 Å². The van der Waals surface area contributed by atoms with Gasteiger partial charge in [0.1, 0.15) is 5.82 Å². The Morgan fingerprint density at radius 2 is 2.07 bits per heavy atom. The maximum absolute atomic E-state index is 13.0. The van der Waals surface area contributed by atoms with Gasteiger partial charge in [-0.2, -0.15) is 0 Å². The van der Waals surface area contributed by atoms with Crippen molar-refractivity contribution < 1.29 is 4.79 Å². The van der Waals surface area contributed by atoms with Gasteiger partial charge < -0.3 is 14.8 Å². The number of carbonyl (C=O) groups excluding carboxylic acids is 1. The maximum Gasteiger partial charge on any atom is 0.318 e. The monoisotopic (exact) mass is 424 g/mol. The molecular weight excluding hydrogens is 400 g/mol. The highest BCUT2D eigenvalue weighted by molar-refractivity contribution is 6.30. The molecule has 1 aliphatic heterocycles. The number of nitrogens with zero attached hydrogens (tertiary/aromatic N) is 5. The smallest absolute Gasteiger partial charge is 0.318 e. The van der Waals surface area contributed by atoms with Gasteiger partial charge in [-0.3, -0.25) is 4.98 Å². The van der Waals surface area contributed by atoms with Crippen LogP contribution in [0.3, 0.4) is 0 Å². The molecule has 1 N–H and O–H groups in total. The Morgan fingerprint density at radius 3 is 2.80 bits per heavy atom. The number of aromatic nitrogens is 4. The van der Waals surface area contributed by atoms with Crippen LogP contribution in [-0.2, 0) is 6.54 Å². The van der Waals surface area contributed by atoms with E-state index >= 15 is 0 Å². The van der Waals surface area contributed by atoms with Crippen LogP contribution in [0.15, 0.2) is 48.8 Å². The van der Waals surface area contributed by atoms with Crippen molar-refractivity contribution >= 4 is 17.6 Å². The molecule has 0 spiro atoms. The summed E-state index contributed by atoms with van der Waals surface area (Å²) < 4.78 is 2.09. The highest BCUT2D eigenvalue weighted by Gasteiger charge is 2.34. The van der Waals surface area contributed by atoms with Gasteiger partial charge in [-0.1, -0.05) is 29.8 Å². The zero-order valence-corrected chi connectivity index (χ0v) is 17.9. The van der Waals surface area contributed by atoms with E-state index in [0.717, 1.165) is 35.6 Å². The molecule has 0 bridgehead atoms. The minimum Gasteiger partial charge on any atom is -0.331 e. The number of rotatable bonds is 5. The fourth-order valence-corrected chi connectivity index (χ4v) is 4.00. The first-order chi connectivity index (χ1) is 14.5. The first kappa shape index (κ1) is 20.3. The van der Waals surface area contributed by atoms with Crippen molar-refractivity contribution in [2.45, 2.75) is 45.3 Å². The number of halogens is 1. The number of pyridine rings is 1. The lowest BCUT2D eigenvalue weighted by molar-refractivity contribution is 0.186. The summed E-state index contributed by atoms with van der Waals surface area (Å²) in [6.45, 7) is 5.25. The number of benzene rings is 1. The van der Waals surface area contributed by atoms with Crippen molar-refractivity contribution in [3.63, 3.8) is 0 Å². The molecule has 3 heterocycles. The summed E-state index contributed by atoms with van der Waals surface area (Å²) in [4.78, 5) is 19.1. The molecule has 2 atom stereocenters. The molecule has 8 heteroatoms. The molecule has 3 aromatic rings. The molecule has 4 rings (SSSR count). The number of carbonyl (C=O) groups is 1. The third kappa shape index (κ3) is 4.31. The zero-order chi connectivity index (χ0) is 21.1. The quantitative estimate of drug-likeness (QED) is 0.662. The summed E-state index contributed by atoms with van der Waals surface area (Å²) in [5.74, 6) is 1.65. The van der Waals surface area contributed by atoms with Gasteiger partial charge in [0.2, 0.25) is 0 Å². The summed E-state index contributed by atoms with van der Waals surface area (Å²) in [6.07, 6.45) is 5.31. The number of hydrogen-bond donors (Lipinski definition) is 1. The van der Waals surface area contributed by atoms with Crippen molar-refractivity contribution in [2.75, 3.05) is 6.54 Å². The summed E-state index contributed by atoms with van der Waals surface area (Å²) in [5.41, 5.74) is 2.09. The van der Waals surface area contributed by atoms with E-state index in [1.165, 1.54) is 0 Å². The first-order valence-electron chi connectivity index (χ1n) is 10.1. The summed E-state index contributed by atoms with van der Waals surface area (Å²) in [7, 11) is 0. The average molecular weight is 425 g/mol. The normalized spacial score (nSPS) is 17.2. The lowest BCUT2D eigenvalue weighted by Crippen LogP contribution is -2.41. The molecule has 156 valence electrons. The number of amides is 2. The van der Waals surface area contributed by atoms with Crippen LogP contribution in [0.5, 0.6) is 0 Å². The van der Waals surface area contributed by atoms with Gasteiger partial charge >= 0.3 is 6.03 Å². The van der Waals surface area contributed by atoms with E-state index in [2.05, 4.69) is 25.1 Å². The second-order valence-electron chi connectivity index (χ2n) is 7.63. The fraction of sp³-hybridized carbons (Fsp3) is 0.364. The standard InChI is InChI=1S/C22H25ClN6O/c1-15(18-5-3-11-24-13-18)25-22(30)28-12-4-6-20(28)21-27-26-16(2)29(21)14-17-7-9-19(23)10-8-17/h3,5,7-11,13,15,20H,4,6,12,14H2,1-2H3,(H,25,30). The van der Waals surface area contributed by atoms with Gasteiger partial charge in [0.25, 0.3) is 0 Å². The minimum absolute atomic E-state index is 0.0902. The molecule has 1 aromatic carbocycles. The van der Waals surface area contributed by atoms with Crippen LogP contribution < -0.4 is 5.32 Å². The number of hydrogen-bond acceptors (Lipinski definition) is 4. The molecule has 0 aliphatic carbocycles. The predicted octanol–water partition coefficient (Wildman–Crippen LogP) is 4.29. The maximum atomic E-state index is 13.0.